The number of carbonyl (C=O) groups excluding carboxylic acids is 1. The molecule has 0 aliphatic rings. The third kappa shape index (κ3) is 5.81. The van der Waals surface area contributed by atoms with Crippen molar-refractivity contribution in [2.24, 2.45) is 0 Å². The van der Waals surface area contributed by atoms with Gasteiger partial charge in [-0.1, -0.05) is 65.3 Å². The molecule has 6 heteroatoms. The van der Waals surface area contributed by atoms with Crippen molar-refractivity contribution in [2.45, 2.75) is 32.9 Å². The first-order valence-corrected chi connectivity index (χ1v) is 13.7. The molecule has 0 saturated carbocycles. The van der Waals surface area contributed by atoms with E-state index in [4.69, 9.17) is 0 Å². The number of amides is 1. The topological polar surface area (TPSA) is 71.3 Å². The minimum Gasteiger partial charge on any atom is -0.478 e. The predicted octanol–water partition coefficient (Wildman–Crippen LogP) is 7.87. The number of hydrogen-bond donors (Lipinski definition) is 2. The molecule has 0 bridgehead atoms. The van der Waals surface area contributed by atoms with Crippen molar-refractivity contribution in [1.29, 1.82) is 0 Å². The number of nitrogens with one attached hydrogen (secondary N) is 1. The maximum atomic E-state index is 13.0. The maximum absolute atomic E-state index is 13.0. The van der Waals surface area contributed by atoms with Crippen LogP contribution in [0.5, 0.6) is 0 Å². The molecule has 4 aromatic carbocycles. The van der Waals surface area contributed by atoms with Crippen LogP contribution in [0.4, 0.5) is 0 Å². The normalized spacial score (nSPS) is 11.9. The zero-order valence-electron chi connectivity index (χ0n) is 21.8. The molecule has 1 amide bonds. The SMILES string of the molecule is CCc1cc(C(=O)O)cc(-c2ccccc2Cn2ccc3cc(C(=O)NC(C)c4ccc(Br)cc4)ccc32)c1. The van der Waals surface area contributed by atoms with Crippen LogP contribution in [0, 0.1) is 0 Å². The molecule has 1 heterocycles. The number of carboxylic acids is 1. The van der Waals surface area contributed by atoms with Crippen molar-refractivity contribution < 1.29 is 14.7 Å². The van der Waals surface area contributed by atoms with Gasteiger partial charge in [-0.3, -0.25) is 4.79 Å². The standard InChI is InChI=1S/C33H29BrN2O3/c1-3-22-16-27(19-28(17-22)33(38)39)30-7-5-4-6-26(30)20-36-15-14-24-18-25(10-13-31(24)36)32(37)35-21(2)23-8-11-29(34)12-9-23/h4-19,21H,3,20H2,1-2H3,(H,35,37)(H,38,39). The molecule has 2 N–H and O–H groups in total. The number of aryl methyl sites for hydroxylation is 1. The van der Waals surface area contributed by atoms with E-state index in [2.05, 4.69) is 37.9 Å². The summed E-state index contributed by atoms with van der Waals surface area (Å²) in [6, 6.07) is 29.2. The molecule has 1 unspecified atom stereocenters. The highest BCUT2D eigenvalue weighted by Crippen LogP contribution is 2.29. The van der Waals surface area contributed by atoms with Crippen LogP contribution in [-0.2, 0) is 13.0 Å². The van der Waals surface area contributed by atoms with E-state index in [1.165, 1.54) is 0 Å². The molecule has 5 nitrogen and oxygen atoms in total. The fraction of sp³-hybridized carbons (Fsp3) is 0.152. The molecule has 196 valence electrons. The lowest BCUT2D eigenvalue weighted by Crippen LogP contribution is -2.26. The number of rotatable bonds is 8. The van der Waals surface area contributed by atoms with Crippen LogP contribution in [0.3, 0.4) is 0 Å². The molecule has 0 aliphatic heterocycles. The van der Waals surface area contributed by atoms with Crippen LogP contribution in [0.2, 0.25) is 0 Å². The summed E-state index contributed by atoms with van der Waals surface area (Å²) in [5.41, 5.74) is 6.96. The van der Waals surface area contributed by atoms with E-state index in [-0.39, 0.29) is 11.9 Å². The largest absolute Gasteiger partial charge is 0.478 e. The van der Waals surface area contributed by atoms with Crippen LogP contribution in [0.1, 0.15) is 57.3 Å². The van der Waals surface area contributed by atoms with E-state index in [0.29, 0.717) is 17.7 Å². The first kappa shape index (κ1) is 26.4. The molecule has 5 rings (SSSR count). The van der Waals surface area contributed by atoms with Crippen LogP contribution in [0.15, 0.2) is 102 Å². The monoisotopic (exact) mass is 580 g/mol. The van der Waals surface area contributed by atoms with Gasteiger partial charge in [0.25, 0.3) is 5.91 Å². The molecule has 39 heavy (non-hydrogen) atoms. The van der Waals surface area contributed by atoms with Crippen LogP contribution >= 0.6 is 15.9 Å². The number of nitrogens with zero attached hydrogens (tertiary/aromatic N) is 1. The minimum atomic E-state index is -0.925. The van der Waals surface area contributed by atoms with Gasteiger partial charge in [0.2, 0.25) is 0 Å². The molecular weight excluding hydrogens is 552 g/mol. The smallest absolute Gasteiger partial charge is 0.335 e. The summed E-state index contributed by atoms with van der Waals surface area (Å²) in [6.07, 6.45) is 2.79. The lowest BCUT2D eigenvalue weighted by Gasteiger charge is -2.15. The number of fused-ring (bicyclic) bond motifs is 1. The van der Waals surface area contributed by atoms with Gasteiger partial charge in [0.05, 0.1) is 11.6 Å². The summed E-state index contributed by atoms with van der Waals surface area (Å²) in [5, 5.41) is 13.7. The van der Waals surface area contributed by atoms with Gasteiger partial charge in [0, 0.05) is 33.7 Å². The van der Waals surface area contributed by atoms with Gasteiger partial charge in [-0.2, -0.15) is 0 Å². The lowest BCUT2D eigenvalue weighted by atomic mass is 9.95. The second-order valence-corrected chi connectivity index (χ2v) is 10.6. The third-order valence-corrected chi connectivity index (χ3v) is 7.60. The highest BCUT2D eigenvalue weighted by molar-refractivity contribution is 9.10. The Morgan fingerprint density at radius 2 is 1.69 bits per heavy atom. The van der Waals surface area contributed by atoms with Crippen LogP contribution in [0.25, 0.3) is 22.0 Å². The number of hydrogen-bond acceptors (Lipinski definition) is 2. The quantitative estimate of drug-likeness (QED) is 0.196. The summed E-state index contributed by atoms with van der Waals surface area (Å²) in [7, 11) is 0. The van der Waals surface area contributed by atoms with Crippen molar-refractivity contribution in [3.8, 4) is 11.1 Å². The van der Waals surface area contributed by atoms with E-state index in [1.54, 1.807) is 12.1 Å². The second-order valence-electron chi connectivity index (χ2n) is 9.70. The summed E-state index contributed by atoms with van der Waals surface area (Å²) < 4.78 is 3.16. The number of aromatic carboxylic acids is 1. The molecule has 0 aliphatic carbocycles. The van der Waals surface area contributed by atoms with E-state index < -0.39 is 5.97 Å². The van der Waals surface area contributed by atoms with Crippen molar-refractivity contribution in [3.63, 3.8) is 0 Å². The Morgan fingerprint density at radius 3 is 2.44 bits per heavy atom. The molecular formula is C33H29BrN2O3. The third-order valence-electron chi connectivity index (χ3n) is 7.07. The molecule has 0 spiro atoms. The molecule has 1 atom stereocenters. The van der Waals surface area contributed by atoms with Gasteiger partial charge in [0.1, 0.15) is 0 Å². The Hall–Kier alpha value is -4.16. The molecule has 0 fully saturated rings. The van der Waals surface area contributed by atoms with E-state index in [0.717, 1.165) is 49.6 Å². The fourth-order valence-electron chi connectivity index (χ4n) is 4.89. The summed E-state index contributed by atoms with van der Waals surface area (Å²) in [4.78, 5) is 24.7. The number of benzene rings is 4. The Balaban J connectivity index is 1.40. The predicted molar refractivity (Wildman–Crippen MR) is 159 cm³/mol. The minimum absolute atomic E-state index is 0.115. The van der Waals surface area contributed by atoms with Crippen molar-refractivity contribution in [2.75, 3.05) is 0 Å². The number of carbonyl (C=O) groups is 2. The van der Waals surface area contributed by atoms with Gasteiger partial charge < -0.3 is 15.0 Å². The molecule has 1 aromatic heterocycles. The first-order chi connectivity index (χ1) is 18.8. The zero-order valence-corrected chi connectivity index (χ0v) is 23.4. The fourth-order valence-corrected chi connectivity index (χ4v) is 5.16. The summed E-state index contributed by atoms with van der Waals surface area (Å²) in [6.45, 7) is 4.62. The number of carboxylic acid groups (broad SMARTS) is 1. The highest BCUT2D eigenvalue weighted by Gasteiger charge is 2.15. The average Bonchev–Trinajstić information content (AvgIpc) is 3.35. The first-order valence-electron chi connectivity index (χ1n) is 12.9. The van der Waals surface area contributed by atoms with E-state index in [1.807, 2.05) is 86.8 Å². The Bertz CT molecular complexity index is 1670. The van der Waals surface area contributed by atoms with Gasteiger partial charge in [-0.05, 0) is 89.7 Å². The van der Waals surface area contributed by atoms with Crippen LogP contribution in [-0.4, -0.2) is 21.6 Å². The van der Waals surface area contributed by atoms with Gasteiger partial charge in [0.15, 0.2) is 0 Å². The zero-order chi connectivity index (χ0) is 27.5. The second kappa shape index (κ2) is 11.3. The number of aromatic nitrogens is 1. The molecule has 0 saturated heterocycles. The Kier molecular flexibility index (Phi) is 7.66. The summed E-state index contributed by atoms with van der Waals surface area (Å²) in [5.74, 6) is -1.04. The molecule has 5 aromatic rings. The van der Waals surface area contributed by atoms with Gasteiger partial charge >= 0.3 is 5.97 Å². The Morgan fingerprint density at radius 1 is 0.923 bits per heavy atom. The average molecular weight is 582 g/mol. The van der Waals surface area contributed by atoms with Crippen LogP contribution < -0.4 is 5.32 Å². The summed E-state index contributed by atoms with van der Waals surface area (Å²) >= 11 is 3.45. The van der Waals surface area contributed by atoms with Crippen molar-refractivity contribution in [3.05, 3.63) is 129 Å². The molecule has 0 radical (unpaired) electrons. The van der Waals surface area contributed by atoms with E-state index in [9.17, 15) is 14.7 Å². The highest BCUT2D eigenvalue weighted by atomic mass is 79.9. The van der Waals surface area contributed by atoms with Crippen molar-refractivity contribution >= 4 is 38.7 Å². The van der Waals surface area contributed by atoms with Gasteiger partial charge in [-0.25, -0.2) is 4.79 Å². The lowest BCUT2D eigenvalue weighted by molar-refractivity contribution is 0.0696. The van der Waals surface area contributed by atoms with E-state index >= 15 is 0 Å². The Labute approximate surface area is 236 Å². The van der Waals surface area contributed by atoms with Crippen molar-refractivity contribution in [1.82, 2.24) is 9.88 Å². The maximum Gasteiger partial charge on any atom is 0.335 e. The number of halogens is 1. The van der Waals surface area contributed by atoms with Gasteiger partial charge in [-0.15, -0.1) is 0 Å².